The molecule has 6 aromatic rings. The van der Waals surface area contributed by atoms with Gasteiger partial charge in [0.1, 0.15) is 26.4 Å². The van der Waals surface area contributed by atoms with E-state index in [1.807, 2.05) is 45.3 Å². The van der Waals surface area contributed by atoms with Crippen molar-refractivity contribution in [2.24, 2.45) is 0 Å². The zero-order chi connectivity index (χ0) is 33.9. The van der Waals surface area contributed by atoms with Gasteiger partial charge in [0.2, 0.25) is 0 Å². The highest BCUT2D eigenvalue weighted by atomic mass is 32.1. The van der Waals surface area contributed by atoms with E-state index in [0.29, 0.717) is 26.4 Å². The second-order valence-electron chi connectivity index (χ2n) is 12.7. The molecule has 0 atom stereocenters. The molecular weight excluding hydrogens is 737 g/mol. The first kappa shape index (κ1) is 34.5. The molecule has 0 aromatic carbocycles. The molecule has 0 N–H and O–H groups in total. The van der Waals surface area contributed by atoms with Gasteiger partial charge in [-0.15, -0.1) is 68.0 Å². The van der Waals surface area contributed by atoms with Gasteiger partial charge in [-0.05, 0) is 74.2 Å². The fourth-order valence-corrected chi connectivity index (χ4v) is 13.5. The smallest absolute Gasteiger partial charge is 0.181 e. The van der Waals surface area contributed by atoms with Crippen molar-refractivity contribution in [3.05, 3.63) is 58.3 Å². The van der Waals surface area contributed by atoms with Crippen LogP contribution in [0.3, 0.4) is 0 Å². The molecule has 2 aliphatic heterocycles. The van der Waals surface area contributed by atoms with Gasteiger partial charge >= 0.3 is 0 Å². The van der Waals surface area contributed by atoms with Crippen LogP contribution in [0.15, 0.2) is 48.5 Å². The van der Waals surface area contributed by atoms with E-state index in [1.165, 1.54) is 103 Å². The van der Waals surface area contributed by atoms with E-state index in [0.717, 1.165) is 42.5 Å². The van der Waals surface area contributed by atoms with Crippen LogP contribution in [0.1, 0.15) is 75.0 Å². The summed E-state index contributed by atoms with van der Waals surface area (Å²) in [4.78, 5) is 15.1. The van der Waals surface area contributed by atoms with Gasteiger partial charge in [-0.3, -0.25) is 0 Å². The Morgan fingerprint density at radius 1 is 0.380 bits per heavy atom. The van der Waals surface area contributed by atoms with Crippen molar-refractivity contribution >= 4 is 68.0 Å². The van der Waals surface area contributed by atoms with E-state index < -0.39 is 0 Å². The highest BCUT2D eigenvalue weighted by Crippen LogP contribution is 2.62. The van der Waals surface area contributed by atoms with Crippen LogP contribution < -0.4 is 18.9 Å². The van der Waals surface area contributed by atoms with Crippen LogP contribution >= 0.6 is 68.0 Å². The third-order valence-electron chi connectivity index (χ3n) is 9.03. The molecule has 0 bridgehead atoms. The van der Waals surface area contributed by atoms with Crippen molar-refractivity contribution in [3.63, 3.8) is 0 Å². The molecule has 6 aromatic heterocycles. The molecule has 10 heteroatoms. The molecule has 262 valence electrons. The third-order valence-corrected chi connectivity index (χ3v) is 16.7. The molecule has 0 saturated heterocycles. The molecule has 0 fully saturated rings. The molecule has 8 rings (SSSR count). The van der Waals surface area contributed by atoms with Crippen LogP contribution in [0, 0.1) is 0 Å². The number of fused-ring (bicyclic) bond motifs is 2. The average Bonchev–Trinajstić information content (AvgIpc) is 3.99. The molecule has 50 heavy (non-hydrogen) atoms. The molecule has 0 spiro atoms. The third kappa shape index (κ3) is 7.21. The Morgan fingerprint density at radius 2 is 0.740 bits per heavy atom. The second-order valence-corrected chi connectivity index (χ2v) is 19.3. The molecule has 0 radical (unpaired) electrons. The molecule has 2 aliphatic rings. The standard InChI is InChI=1S/C40H42O4S6/c1-3-5-7-9-11-25-13-15-27(45-25)29-17-19-31(47-29)37-33-35(43-23-21-41-33)39(49-37)40-36-34(42-22-24-44-36)38(50-40)32-20-18-30(48-32)28-16-14-26(46-28)12-10-8-6-4-2/h13-20H,3-12,21-24H2,1-2H3. The van der Waals surface area contributed by atoms with E-state index in [-0.39, 0.29) is 0 Å². The number of hydrogen-bond acceptors (Lipinski definition) is 10. The molecular formula is C40H42O4S6. The van der Waals surface area contributed by atoms with Crippen LogP contribution in [0.4, 0.5) is 0 Å². The van der Waals surface area contributed by atoms with Gasteiger partial charge in [-0.2, -0.15) is 0 Å². The fraction of sp³-hybridized carbons (Fsp3) is 0.400. The predicted octanol–water partition coefficient (Wildman–Crippen LogP) is 14.2. The highest BCUT2D eigenvalue weighted by Gasteiger charge is 2.34. The van der Waals surface area contributed by atoms with Gasteiger partial charge in [0.25, 0.3) is 0 Å². The number of aryl methyl sites for hydroxylation is 2. The van der Waals surface area contributed by atoms with Crippen molar-refractivity contribution in [1.29, 1.82) is 0 Å². The molecule has 0 saturated carbocycles. The van der Waals surface area contributed by atoms with E-state index in [2.05, 4.69) is 62.4 Å². The summed E-state index contributed by atoms with van der Waals surface area (Å²) in [5.74, 6) is 3.38. The Balaban J connectivity index is 1.08. The van der Waals surface area contributed by atoms with E-state index in [4.69, 9.17) is 18.9 Å². The number of rotatable bonds is 15. The normalized spacial score (nSPS) is 13.7. The Hall–Kier alpha value is -2.60. The summed E-state index contributed by atoms with van der Waals surface area (Å²) in [6.07, 6.45) is 12.7. The number of hydrogen-bond donors (Lipinski definition) is 0. The molecule has 0 amide bonds. The average molecular weight is 779 g/mol. The first-order valence-electron chi connectivity index (χ1n) is 17.9. The first-order valence-corrected chi connectivity index (χ1v) is 22.8. The van der Waals surface area contributed by atoms with Gasteiger partial charge in [0.05, 0.1) is 19.5 Å². The summed E-state index contributed by atoms with van der Waals surface area (Å²) in [7, 11) is 0. The van der Waals surface area contributed by atoms with Gasteiger partial charge in [0, 0.05) is 39.0 Å². The minimum Gasteiger partial charge on any atom is -0.485 e. The largest absolute Gasteiger partial charge is 0.485 e. The minimum atomic E-state index is 0.537. The predicted molar refractivity (Wildman–Crippen MR) is 219 cm³/mol. The number of ether oxygens (including phenoxy) is 4. The van der Waals surface area contributed by atoms with Crippen molar-refractivity contribution < 1.29 is 18.9 Å². The fourth-order valence-electron chi connectivity index (χ4n) is 6.45. The van der Waals surface area contributed by atoms with Crippen LogP contribution in [0.2, 0.25) is 0 Å². The maximum atomic E-state index is 6.38. The Kier molecular flexibility index (Phi) is 11.0. The van der Waals surface area contributed by atoms with E-state index in [9.17, 15) is 0 Å². The summed E-state index contributed by atoms with van der Waals surface area (Å²) in [5, 5.41) is 0. The monoisotopic (exact) mass is 778 g/mol. The lowest BCUT2D eigenvalue weighted by atomic mass is 10.1. The van der Waals surface area contributed by atoms with Gasteiger partial charge < -0.3 is 18.9 Å². The summed E-state index contributed by atoms with van der Waals surface area (Å²) in [6.45, 7) is 6.72. The lowest BCUT2D eigenvalue weighted by Crippen LogP contribution is -2.15. The number of thiophene rings is 6. The summed E-state index contributed by atoms with van der Waals surface area (Å²) in [6, 6.07) is 18.2. The Morgan fingerprint density at radius 3 is 1.16 bits per heavy atom. The maximum Gasteiger partial charge on any atom is 0.181 e. The maximum absolute atomic E-state index is 6.38. The summed E-state index contributed by atoms with van der Waals surface area (Å²) in [5.41, 5.74) is 0. The quantitative estimate of drug-likeness (QED) is 0.0973. The summed E-state index contributed by atoms with van der Waals surface area (Å²) < 4.78 is 25.5. The molecule has 0 aliphatic carbocycles. The van der Waals surface area contributed by atoms with Crippen molar-refractivity contribution in [3.8, 4) is 71.8 Å². The van der Waals surface area contributed by atoms with Crippen molar-refractivity contribution in [2.75, 3.05) is 26.4 Å². The minimum absolute atomic E-state index is 0.537. The topological polar surface area (TPSA) is 36.9 Å². The van der Waals surface area contributed by atoms with Crippen LogP contribution in [-0.4, -0.2) is 26.4 Å². The lowest BCUT2D eigenvalue weighted by molar-refractivity contribution is 0.172. The Bertz CT molecular complexity index is 1890. The molecule has 4 nitrogen and oxygen atoms in total. The van der Waals surface area contributed by atoms with Crippen LogP contribution in [-0.2, 0) is 12.8 Å². The van der Waals surface area contributed by atoms with Crippen LogP contribution in [0.5, 0.6) is 23.0 Å². The first-order chi connectivity index (χ1) is 24.7. The SMILES string of the molecule is CCCCCCc1ccc(-c2ccc(-c3sc(-c4sc(-c5ccc(-c6ccc(CCCCCC)s6)s5)c5c4OCCO5)c4c3OCCO4)s2)s1. The molecule has 8 heterocycles. The second kappa shape index (κ2) is 16.0. The van der Waals surface area contributed by atoms with Crippen molar-refractivity contribution in [1.82, 2.24) is 0 Å². The highest BCUT2D eigenvalue weighted by molar-refractivity contribution is 7.31. The van der Waals surface area contributed by atoms with Gasteiger partial charge in [0.15, 0.2) is 23.0 Å². The molecule has 0 unspecified atom stereocenters. The van der Waals surface area contributed by atoms with Gasteiger partial charge in [-0.1, -0.05) is 52.4 Å². The van der Waals surface area contributed by atoms with Gasteiger partial charge in [-0.25, -0.2) is 0 Å². The van der Waals surface area contributed by atoms with E-state index >= 15 is 0 Å². The Labute approximate surface area is 319 Å². The lowest BCUT2D eigenvalue weighted by Gasteiger charge is -2.18. The van der Waals surface area contributed by atoms with Crippen molar-refractivity contribution in [2.45, 2.75) is 78.1 Å². The zero-order valence-corrected chi connectivity index (χ0v) is 33.5. The number of unbranched alkanes of at least 4 members (excludes halogenated alkanes) is 6. The zero-order valence-electron chi connectivity index (χ0n) is 28.6. The van der Waals surface area contributed by atoms with E-state index in [1.54, 1.807) is 22.7 Å². The van der Waals surface area contributed by atoms with Crippen LogP contribution in [0.25, 0.3) is 48.8 Å². The summed E-state index contributed by atoms with van der Waals surface area (Å²) >= 11 is 11.1.